The van der Waals surface area contributed by atoms with E-state index in [4.69, 9.17) is 11.6 Å². The third-order valence-corrected chi connectivity index (χ3v) is 3.33. The number of carbonyl (C=O) groups is 1. The van der Waals surface area contributed by atoms with Crippen LogP contribution in [0.4, 0.5) is 0 Å². The zero-order chi connectivity index (χ0) is 14.0. The molecule has 3 nitrogen and oxygen atoms in total. The van der Waals surface area contributed by atoms with Gasteiger partial charge in [-0.1, -0.05) is 11.6 Å². The number of aromatic nitrogens is 2. The molecule has 0 aliphatic carbocycles. The van der Waals surface area contributed by atoms with Gasteiger partial charge in [0, 0.05) is 10.6 Å². The van der Waals surface area contributed by atoms with Gasteiger partial charge < -0.3 is 0 Å². The number of aryl methyl sites for hydroxylation is 3. The Labute approximate surface area is 117 Å². The molecule has 19 heavy (non-hydrogen) atoms. The molecule has 2 aromatic rings. The molecule has 0 aliphatic heterocycles. The second-order valence-corrected chi connectivity index (χ2v) is 4.97. The van der Waals surface area contributed by atoms with E-state index < -0.39 is 0 Å². The van der Waals surface area contributed by atoms with Crippen LogP contribution in [0.3, 0.4) is 0 Å². The van der Waals surface area contributed by atoms with Crippen molar-refractivity contribution in [3.63, 3.8) is 0 Å². The summed E-state index contributed by atoms with van der Waals surface area (Å²) >= 11 is 5.81. The Kier molecular flexibility index (Phi) is 3.96. The molecule has 1 aromatic heterocycles. The summed E-state index contributed by atoms with van der Waals surface area (Å²) in [6, 6.07) is 6.89. The van der Waals surface area contributed by atoms with E-state index in [1.165, 1.54) is 0 Å². The number of hydrogen-bond acceptors (Lipinski definition) is 3. The Bertz CT molecular complexity index is 621. The van der Waals surface area contributed by atoms with Crippen molar-refractivity contribution in [1.82, 2.24) is 9.97 Å². The molecule has 0 atom stereocenters. The maximum atomic E-state index is 12.2. The molecule has 4 heteroatoms. The van der Waals surface area contributed by atoms with Gasteiger partial charge in [-0.15, -0.1) is 0 Å². The van der Waals surface area contributed by atoms with E-state index in [0.717, 1.165) is 22.8 Å². The summed E-state index contributed by atoms with van der Waals surface area (Å²) in [6.45, 7) is 5.70. The number of hydrogen-bond donors (Lipinski definition) is 0. The van der Waals surface area contributed by atoms with Gasteiger partial charge in [0.15, 0.2) is 5.78 Å². The van der Waals surface area contributed by atoms with Crippen molar-refractivity contribution >= 4 is 17.4 Å². The van der Waals surface area contributed by atoms with Crippen LogP contribution in [0, 0.1) is 20.8 Å². The van der Waals surface area contributed by atoms with Gasteiger partial charge in [0.1, 0.15) is 0 Å². The van der Waals surface area contributed by atoms with Gasteiger partial charge in [-0.05, 0) is 45.0 Å². The molecular weight excluding hydrogens is 260 g/mol. The van der Waals surface area contributed by atoms with Gasteiger partial charge in [-0.3, -0.25) is 14.8 Å². The molecule has 0 saturated carbocycles. The lowest BCUT2D eigenvalue weighted by molar-refractivity contribution is 0.0991. The first kappa shape index (κ1) is 13.7. The van der Waals surface area contributed by atoms with Crippen LogP contribution in [0.5, 0.6) is 0 Å². The van der Waals surface area contributed by atoms with Gasteiger partial charge in [0.25, 0.3) is 0 Å². The molecule has 98 valence electrons. The van der Waals surface area contributed by atoms with Crippen LogP contribution < -0.4 is 0 Å². The van der Waals surface area contributed by atoms with Crippen molar-refractivity contribution in [3.05, 3.63) is 57.6 Å². The molecule has 0 radical (unpaired) electrons. The van der Waals surface area contributed by atoms with Crippen LogP contribution in [0.15, 0.2) is 24.3 Å². The molecule has 0 N–H and O–H groups in total. The molecule has 0 fully saturated rings. The first-order valence-electron chi connectivity index (χ1n) is 6.07. The van der Waals surface area contributed by atoms with Crippen molar-refractivity contribution in [3.8, 4) is 0 Å². The maximum Gasteiger partial charge on any atom is 0.168 e. The Balaban J connectivity index is 2.24. The fraction of sp³-hybridized carbons (Fsp3) is 0.267. The fourth-order valence-corrected chi connectivity index (χ4v) is 1.94. The van der Waals surface area contributed by atoms with Crippen molar-refractivity contribution in [2.75, 3.05) is 0 Å². The largest absolute Gasteiger partial charge is 0.294 e. The van der Waals surface area contributed by atoms with Crippen molar-refractivity contribution in [1.29, 1.82) is 0 Å². The highest BCUT2D eigenvalue weighted by Gasteiger charge is 2.12. The molecule has 1 heterocycles. The standard InChI is InChI=1S/C15H15ClN2O/c1-9-10(2)18-14(11(3)17-9)8-15(19)12-4-6-13(16)7-5-12/h4-7H,8H2,1-3H3. The number of Topliss-reactive ketones (excluding diaryl/α,β-unsaturated/α-hetero) is 1. The van der Waals surface area contributed by atoms with E-state index in [1.807, 2.05) is 20.8 Å². The number of rotatable bonds is 3. The third kappa shape index (κ3) is 3.18. The smallest absolute Gasteiger partial charge is 0.168 e. The van der Waals surface area contributed by atoms with Crippen LogP contribution in [-0.4, -0.2) is 15.8 Å². The van der Waals surface area contributed by atoms with Crippen LogP contribution in [0.1, 0.15) is 33.1 Å². The van der Waals surface area contributed by atoms with Gasteiger partial charge in [-0.25, -0.2) is 0 Å². The molecule has 0 bridgehead atoms. The fourth-order valence-electron chi connectivity index (χ4n) is 1.82. The van der Waals surface area contributed by atoms with Gasteiger partial charge in [0.05, 0.1) is 29.2 Å². The van der Waals surface area contributed by atoms with E-state index in [-0.39, 0.29) is 12.2 Å². The van der Waals surface area contributed by atoms with Crippen molar-refractivity contribution in [2.24, 2.45) is 0 Å². The minimum atomic E-state index is 0.0253. The predicted molar refractivity (Wildman–Crippen MR) is 75.7 cm³/mol. The molecule has 2 rings (SSSR count). The summed E-state index contributed by atoms with van der Waals surface area (Å²) in [4.78, 5) is 21.0. The van der Waals surface area contributed by atoms with E-state index in [9.17, 15) is 4.79 Å². The molecule has 1 aromatic carbocycles. The zero-order valence-corrected chi connectivity index (χ0v) is 12.0. The lowest BCUT2D eigenvalue weighted by atomic mass is 10.1. The van der Waals surface area contributed by atoms with Crippen LogP contribution >= 0.6 is 11.6 Å². The van der Waals surface area contributed by atoms with Gasteiger partial charge >= 0.3 is 0 Å². The molecular formula is C15H15ClN2O. The number of nitrogens with zero attached hydrogens (tertiary/aromatic N) is 2. The Morgan fingerprint density at radius 1 is 1.00 bits per heavy atom. The zero-order valence-electron chi connectivity index (χ0n) is 11.2. The normalized spacial score (nSPS) is 10.5. The lowest BCUT2D eigenvalue weighted by Gasteiger charge is -2.07. The summed E-state index contributed by atoms with van der Waals surface area (Å²) in [6.07, 6.45) is 0.265. The van der Waals surface area contributed by atoms with E-state index in [2.05, 4.69) is 9.97 Å². The highest BCUT2D eigenvalue weighted by molar-refractivity contribution is 6.30. The first-order chi connectivity index (χ1) is 8.97. The van der Waals surface area contributed by atoms with Crippen molar-refractivity contribution in [2.45, 2.75) is 27.2 Å². The monoisotopic (exact) mass is 274 g/mol. The number of benzene rings is 1. The number of carbonyl (C=O) groups excluding carboxylic acids is 1. The highest BCUT2D eigenvalue weighted by Crippen LogP contribution is 2.13. The van der Waals surface area contributed by atoms with E-state index in [1.54, 1.807) is 24.3 Å². The van der Waals surface area contributed by atoms with Gasteiger partial charge in [0.2, 0.25) is 0 Å². The first-order valence-corrected chi connectivity index (χ1v) is 6.44. The Hall–Kier alpha value is -1.74. The molecule has 0 unspecified atom stereocenters. The van der Waals surface area contributed by atoms with Gasteiger partial charge in [-0.2, -0.15) is 0 Å². The summed E-state index contributed by atoms with van der Waals surface area (Å²) < 4.78 is 0. The van der Waals surface area contributed by atoms with E-state index in [0.29, 0.717) is 10.6 Å². The maximum absolute atomic E-state index is 12.2. The second kappa shape index (κ2) is 5.49. The molecule has 0 saturated heterocycles. The lowest BCUT2D eigenvalue weighted by Crippen LogP contribution is -2.09. The quantitative estimate of drug-likeness (QED) is 0.805. The van der Waals surface area contributed by atoms with Crippen LogP contribution in [0.2, 0.25) is 5.02 Å². The summed E-state index contributed by atoms with van der Waals surface area (Å²) in [5, 5.41) is 0.624. The summed E-state index contributed by atoms with van der Waals surface area (Å²) in [5.74, 6) is 0.0253. The highest BCUT2D eigenvalue weighted by atomic mass is 35.5. The minimum Gasteiger partial charge on any atom is -0.294 e. The number of ketones is 1. The Morgan fingerprint density at radius 3 is 2.21 bits per heavy atom. The molecule has 0 aliphatic rings. The van der Waals surface area contributed by atoms with E-state index >= 15 is 0 Å². The molecule has 0 spiro atoms. The summed E-state index contributed by atoms with van der Waals surface area (Å²) in [5.41, 5.74) is 3.96. The third-order valence-electron chi connectivity index (χ3n) is 3.07. The summed E-state index contributed by atoms with van der Waals surface area (Å²) in [7, 11) is 0. The van der Waals surface area contributed by atoms with Crippen LogP contribution in [0.25, 0.3) is 0 Å². The molecule has 0 amide bonds. The Morgan fingerprint density at radius 2 is 1.58 bits per heavy atom. The second-order valence-electron chi connectivity index (χ2n) is 4.53. The average Bonchev–Trinajstić information content (AvgIpc) is 2.36. The topological polar surface area (TPSA) is 42.9 Å². The average molecular weight is 275 g/mol. The SMILES string of the molecule is Cc1nc(C)c(CC(=O)c2ccc(Cl)cc2)nc1C. The van der Waals surface area contributed by atoms with Crippen LogP contribution in [-0.2, 0) is 6.42 Å². The number of halogens is 1. The minimum absolute atomic E-state index is 0.0253. The van der Waals surface area contributed by atoms with Crippen molar-refractivity contribution < 1.29 is 4.79 Å². The predicted octanol–water partition coefficient (Wildman–Crippen LogP) is 3.48.